The van der Waals surface area contributed by atoms with Crippen LogP contribution in [0.15, 0.2) is 77.0 Å². The number of thiophene rings is 1. The van der Waals surface area contributed by atoms with E-state index in [-0.39, 0.29) is 21.2 Å². The number of anilines is 1. The molecule has 1 aliphatic rings. The Morgan fingerprint density at radius 1 is 0.861 bits per heavy atom. The third kappa shape index (κ3) is 4.87. The number of aromatic carboxylic acids is 1. The van der Waals surface area contributed by atoms with E-state index in [1.165, 1.54) is 66.2 Å². The van der Waals surface area contributed by atoms with Gasteiger partial charge in [-0.15, -0.1) is 11.3 Å². The van der Waals surface area contributed by atoms with E-state index in [4.69, 9.17) is 9.84 Å². The average molecular weight is 520 g/mol. The first-order chi connectivity index (χ1) is 17.3. The summed E-state index contributed by atoms with van der Waals surface area (Å²) in [6.07, 6.45) is 4.80. The molecule has 1 aliphatic carbocycles. The van der Waals surface area contributed by atoms with E-state index in [1.54, 1.807) is 12.1 Å². The van der Waals surface area contributed by atoms with Crippen molar-refractivity contribution in [3.8, 4) is 27.3 Å². The zero-order valence-electron chi connectivity index (χ0n) is 19.7. The molecule has 0 spiro atoms. The number of fused-ring (bicyclic) bond motifs is 1. The topological polar surface area (TPSA) is 92.7 Å². The molecule has 0 unspecified atom stereocenters. The fraction of sp³-hybridized carbons (Fsp3) is 0.179. The lowest BCUT2D eigenvalue weighted by molar-refractivity contribution is 0.0696. The van der Waals surface area contributed by atoms with Gasteiger partial charge in [-0.25, -0.2) is 13.2 Å². The Labute approximate surface area is 214 Å². The molecule has 4 aromatic rings. The lowest BCUT2D eigenvalue weighted by atomic mass is 9.89. The normalized spacial score (nSPS) is 13.1. The van der Waals surface area contributed by atoms with Gasteiger partial charge in [-0.2, -0.15) is 0 Å². The number of carboxylic acid groups (broad SMARTS) is 1. The van der Waals surface area contributed by atoms with Crippen molar-refractivity contribution < 1.29 is 23.1 Å². The van der Waals surface area contributed by atoms with Crippen LogP contribution in [-0.4, -0.2) is 26.6 Å². The zero-order chi connectivity index (χ0) is 25.3. The molecule has 0 bridgehead atoms. The van der Waals surface area contributed by atoms with Gasteiger partial charge >= 0.3 is 5.97 Å². The molecule has 6 nitrogen and oxygen atoms in total. The van der Waals surface area contributed by atoms with Gasteiger partial charge in [-0.05, 0) is 83.8 Å². The van der Waals surface area contributed by atoms with Crippen molar-refractivity contribution >= 4 is 33.0 Å². The third-order valence-corrected chi connectivity index (χ3v) is 9.38. The second-order valence-corrected chi connectivity index (χ2v) is 11.7. The molecule has 8 heteroatoms. The minimum absolute atomic E-state index is 0.00652. The Balaban J connectivity index is 1.36. The van der Waals surface area contributed by atoms with Crippen LogP contribution in [0.5, 0.6) is 5.75 Å². The number of carboxylic acids is 1. The fourth-order valence-corrected chi connectivity index (χ4v) is 6.85. The smallest absolute Gasteiger partial charge is 0.335 e. The summed E-state index contributed by atoms with van der Waals surface area (Å²) in [4.78, 5) is 12.0. The largest absolute Gasteiger partial charge is 0.495 e. The maximum absolute atomic E-state index is 13.0. The molecule has 0 saturated heterocycles. The molecule has 0 amide bonds. The molecule has 0 fully saturated rings. The van der Waals surface area contributed by atoms with Crippen LogP contribution in [-0.2, 0) is 22.9 Å². The molecule has 0 atom stereocenters. The number of hydrogen-bond donors (Lipinski definition) is 2. The second-order valence-electron chi connectivity index (χ2n) is 8.71. The number of benzene rings is 3. The molecule has 2 N–H and O–H groups in total. The minimum atomic E-state index is -3.89. The standard InChI is InChI=1S/C28H25NO5S2/c1-34-25-17-23(28(30)31)12-13-24(25)29-36(32,33)27-15-14-26(35-27)20-9-6-19(7-10-20)22-11-8-18-4-2-3-5-21(18)16-22/h6-17,29H,2-5H2,1H3,(H,30,31). The fourth-order valence-electron chi connectivity index (χ4n) is 4.46. The molecule has 184 valence electrons. The number of carbonyl (C=O) groups is 1. The highest BCUT2D eigenvalue weighted by Gasteiger charge is 2.20. The Kier molecular flexibility index (Phi) is 6.55. The number of nitrogens with one attached hydrogen (secondary N) is 1. The van der Waals surface area contributed by atoms with E-state index in [0.29, 0.717) is 0 Å². The van der Waals surface area contributed by atoms with Crippen LogP contribution < -0.4 is 9.46 Å². The molecule has 3 aromatic carbocycles. The zero-order valence-corrected chi connectivity index (χ0v) is 21.3. The van der Waals surface area contributed by atoms with Gasteiger partial charge in [0.2, 0.25) is 0 Å². The van der Waals surface area contributed by atoms with Gasteiger partial charge in [-0.3, -0.25) is 4.72 Å². The van der Waals surface area contributed by atoms with Crippen molar-refractivity contribution in [3.63, 3.8) is 0 Å². The number of aryl methyl sites for hydroxylation is 2. The number of sulfonamides is 1. The summed E-state index contributed by atoms with van der Waals surface area (Å²) in [6, 6.07) is 22.2. The molecule has 0 aliphatic heterocycles. The highest BCUT2D eigenvalue weighted by Crippen LogP contribution is 2.35. The van der Waals surface area contributed by atoms with Crippen molar-refractivity contribution in [2.45, 2.75) is 29.9 Å². The highest BCUT2D eigenvalue weighted by atomic mass is 32.2. The van der Waals surface area contributed by atoms with E-state index < -0.39 is 16.0 Å². The molecule has 5 rings (SSSR count). The quantitative estimate of drug-likeness (QED) is 0.292. The predicted octanol–water partition coefficient (Wildman–Crippen LogP) is 6.47. The SMILES string of the molecule is COc1cc(C(=O)O)ccc1NS(=O)(=O)c1ccc(-c2ccc(-c3ccc4c(c3)CCCC4)cc2)s1. The van der Waals surface area contributed by atoms with Crippen molar-refractivity contribution in [3.05, 3.63) is 89.5 Å². The van der Waals surface area contributed by atoms with Crippen molar-refractivity contribution in [2.75, 3.05) is 11.8 Å². The summed E-state index contributed by atoms with van der Waals surface area (Å²) in [5, 5.41) is 9.15. The Morgan fingerprint density at radius 3 is 2.28 bits per heavy atom. The maximum atomic E-state index is 13.0. The molecular formula is C28H25NO5S2. The molecule has 1 heterocycles. The molecule has 1 aromatic heterocycles. The van der Waals surface area contributed by atoms with Gasteiger partial charge in [0.05, 0.1) is 18.4 Å². The number of methoxy groups -OCH3 is 1. The van der Waals surface area contributed by atoms with Gasteiger partial charge in [0.1, 0.15) is 9.96 Å². The van der Waals surface area contributed by atoms with Gasteiger partial charge < -0.3 is 9.84 Å². The van der Waals surface area contributed by atoms with Crippen LogP contribution in [0.25, 0.3) is 21.6 Å². The summed E-state index contributed by atoms with van der Waals surface area (Å²) < 4.78 is 33.9. The number of hydrogen-bond acceptors (Lipinski definition) is 5. The first-order valence-corrected chi connectivity index (χ1v) is 13.9. The van der Waals surface area contributed by atoms with Crippen molar-refractivity contribution in [1.82, 2.24) is 0 Å². The van der Waals surface area contributed by atoms with Gasteiger partial charge in [-0.1, -0.05) is 42.5 Å². The molecule has 0 saturated carbocycles. The van der Waals surface area contributed by atoms with Crippen molar-refractivity contribution in [2.24, 2.45) is 0 Å². The van der Waals surface area contributed by atoms with Crippen molar-refractivity contribution in [1.29, 1.82) is 0 Å². The van der Waals surface area contributed by atoms with Crippen LogP contribution in [0.1, 0.15) is 34.3 Å². The maximum Gasteiger partial charge on any atom is 0.335 e. The Bertz CT molecular complexity index is 1540. The number of rotatable bonds is 7. The first kappa shape index (κ1) is 24.1. The first-order valence-electron chi connectivity index (χ1n) is 11.6. The highest BCUT2D eigenvalue weighted by molar-refractivity contribution is 7.94. The van der Waals surface area contributed by atoms with E-state index in [2.05, 4.69) is 35.1 Å². The lowest BCUT2D eigenvalue weighted by Crippen LogP contribution is -2.12. The van der Waals surface area contributed by atoms with Gasteiger partial charge in [0.15, 0.2) is 0 Å². The van der Waals surface area contributed by atoms with Gasteiger partial charge in [0.25, 0.3) is 10.0 Å². The molecule has 36 heavy (non-hydrogen) atoms. The summed E-state index contributed by atoms with van der Waals surface area (Å²) >= 11 is 1.17. The second kappa shape index (κ2) is 9.79. The van der Waals surface area contributed by atoms with E-state index >= 15 is 0 Å². The Hall–Kier alpha value is -3.62. The van der Waals surface area contributed by atoms with Crippen LogP contribution in [0.3, 0.4) is 0 Å². The average Bonchev–Trinajstić information content (AvgIpc) is 3.40. The van der Waals surface area contributed by atoms with Crippen LogP contribution >= 0.6 is 11.3 Å². The summed E-state index contributed by atoms with van der Waals surface area (Å²) in [6.45, 7) is 0. The monoisotopic (exact) mass is 519 g/mol. The van der Waals surface area contributed by atoms with Crippen LogP contribution in [0, 0.1) is 0 Å². The van der Waals surface area contributed by atoms with E-state index in [1.807, 2.05) is 12.1 Å². The van der Waals surface area contributed by atoms with Gasteiger partial charge in [0, 0.05) is 4.88 Å². The predicted molar refractivity (Wildman–Crippen MR) is 143 cm³/mol. The summed E-state index contributed by atoms with van der Waals surface area (Å²) in [5.41, 5.74) is 6.35. The van der Waals surface area contributed by atoms with E-state index in [9.17, 15) is 13.2 Å². The number of ether oxygens (including phenoxy) is 1. The van der Waals surface area contributed by atoms with E-state index in [0.717, 1.165) is 28.8 Å². The Morgan fingerprint density at radius 2 is 1.56 bits per heavy atom. The lowest BCUT2D eigenvalue weighted by Gasteiger charge is -2.16. The molecular weight excluding hydrogens is 494 g/mol. The van der Waals surface area contributed by atoms with Crippen LogP contribution in [0.2, 0.25) is 0 Å². The molecule has 0 radical (unpaired) electrons. The summed E-state index contributed by atoms with van der Waals surface area (Å²) in [5.74, 6) is -0.990. The third-order valence-electron chi connectivity index (χ3n) is 6.39. The van der Waals surface area contributed by atoms with Crippen LogP contribution in [0.4, 0.5) is 5.69 Å². The minimum Gasteiger partial charge on any atom is -0.495 e. The summed E-state index contributed by atoms with van der Waals surface area (Å²) in [7, 11) is -2.53.